The highest BCUT2D eigenvalue weighted by Crippen LogP contribution is 2.19. The Kier molecular flexibility index (Phi) is 5.40. The first-order valence-corrected chi connectivity index (χ1v) is 5.78. The number of aliphatic carboxylic acids is 1. The summed E-state index contributed by atoms with van der Waals surface area (Å²) >= 11 is 0. The van der Waals surface area contributed by atoms with E-state index in [1.165, 1.54) is 25.7 Å². The lowest BCUT2D eigenvalue weighted by atomic mass is 10.1. The smallest absolute Gasteiger partial charge is 0.306 e. The molecular weight excluding hydrogens is 192 g/mol. The molecule has 0 unspecified atom stereocenters. The van der Waals surface area contributed by atoms with Gasteiger partial charge in [-0.3, -0.25) is 4.79 Å². The van der Waals surface area contributed by atoms with Crippen molar-refractivity contribution in [3.05, 3.63) is 12.2 Å². The molecule has 2 atom stereocenters. The normalized spacial score (nSPS) is 24.6. The average Bonchev–Trinajstić information content (AvgIpc) is 2.59. The largest absolute Gasteiger partial charge is 0.481 e. The van der Waals surface area contributed by atoms with E-state index in [0.717, 1.165) is 6.42 Å². The molecule has 1 heterocycles. The van der Waals surface area contributed by atoms with Gasteiger partial charge in [0.15, 0.2) is 0 Å². The number of carbonyl (C=O) groups is 1. The molecule has 15 heavy (non-hydrogen) atoms. The van der Waals surface area contributed by atoms with Crippen molar-refractivity contribution in [2.24, 2.45) is 0 Å². The Balaban J connectivity index is 2.09. The SMILES string of the molecule is CCCCCC[C@@H]1C=C[C@@H](CC(=O)O)O1. The highest BCUT2D eigenvalue weighted by Gasteiger charge is 2.20. The third-order valence-corrected chi connectivity index (χ3v) is 2.61. The maximum atomic E-state index is 10.4. The minimum atomic E-state index is -0.795. The van der Waals surface area contributed by atoms with Gasteiger partial charge in [0.1, 0.15) is 0 Å². The molecule has 1 aliphatic rings. The van der Waals surface area contributed by atoms with Crippen LogP contribution in [0.2, 0.25) is 0 Å². The van der Waals surface area contributed by atoms with Gasteiger partial charge in [-0.25, -0.2) is 0 Å². The van der Waals surface area contributed by atoms with Gasteiger partial charge in [0.05, 0.1) is 18.6 Å². The first kappa shape index (κ1) is 12.2. The number of hydrogen-bond acceptors (Lipinski definition) is 2. The van der Waals surface area contributed by atoms with Gasteiger partial charge in [0.25, 0.3) is 0 Å². The van der Waals surface area contributed by atoms with Crippen molar-refractivity contribution in [2.75, 3.05) is 0 Å². The standard InChI is InChI=1S/C12H20O3/c1-2-3-4-5-6-10-7-8-11(15-10)9-12(13)14/h7-8,10-11H,2-6,9H2,1H3,(H,13,14)/t10-,11+/m1/s1. The van der Waals surface area contributed by atoms with E-state index < -0.39 is 5.97 Å². The van der Waals surface area contributed by atoms with Gasteiger partial charge in [0, 0.05) is 0 Å². The molecule has 86 valence electrons. The molecule has 0 aliphatic carbocycles. The third kappa shape index (κ3) is 4.98. The van der Waals surface area contributed by atoms with Crippen molar-refractivity contribution in [2.45, 2.75) is 57.7 Å². The number of unbranched alkanes of at least 4 members (excludes halogenated alkanes) is 3. The van der Waals surface area contributed by atoms with Crippen LogP contribution in [-0.4, -0.2) is 23.3 Å². The third-order valence-electron chi connectivity index (χ3n) is 2.61. The average molecular weight is 212 g/mol. The molecule has 1 N–H and O–H groups in total. The molecule has 0 amide bonds. The topological polar surface area (TPSA) is 46.5 Å². The first-order valence-electron chi connectivity index (χ1n) is 5.78. The van der Waals surface area contributed by atoms with E-state index in [1.807, 2.05) is 12.2 Å². The van der Waals surface area contributed by atoms with Crippen LogP contribution < -0.4 is 0 Å². The maximum Gasteiger partial charge on any atom is 0.306 e. The molecule has 0 aromatic rings. The highest BCUT2D eigenvalue weighted by molar-refractivity contribution is 5.67. The number of rotatable bonds is 7. The summed E-state index contributed by atoms with van der Waals surface area (Å²) in [6.07, 6.45) is 9.84. The van der Waals surface area contributed by atoms with Crippen molar-refractivity contribution in [3.63, 3.8) is 0 Å². The molecule has 0 bridgehead atoms. The molecule has 0 aromatic heterocycles. The predicted octanol–water partition coefficient (Wildman–Crippen LogP) is 2.76. The second kappa shape index (κ2) is 6.62. The molecule has 0 fully saturated rings. The molecule has 0 saturated heterocycles. The lowest BCUT2D eigenvalue weighted by molar-refractivity contribution is -0.139. The Labute approximate surface area is 91.1 Å². The zero-order chi connectivity index (χ0) is 11.1. The number of carboxylic acids is 1. The van der Waals surface area contributed by atoms with Crippen LogP contribution in [0.1, 0.15) is 45.4 Å². The van der Waals surface area contributed by atoms with Crippen LogP contribution in [0.5, 0.6) is 0 Å². The van der Waals surface area contributed by atoms with Gasteiger partial charge in [-0.2, -0.15) is 0 Å². The Morgan fingerprint density at radius 2 is 2.00 bits per heavy atom. The van der Waals surface area contributed by atoms with Gasteiger partial charge in [-0.1, -0.05) is 44.8 Å². The minimum Gasteiger partial charge on any atom is -0.481 e. The van der Waals surface area contributed by atoms with E-state index in [4.69, 9.17) is 9.84 Å². The van der Waals surface area contributed by atoms with Crippen LogP contribution in [-0.2, 0) is 9.53 Å². The van der Waals surface area contributed by atoms with Gasteiger partial charge in [-0.05, 0) is 6.42 Å². The van der Waals surface area contributed by atoms with E-state index in [1.54, 1.807) is 0 Å². The van der Waals surface area contributed by atoms with Gasteiger partial charge < -0.3 is 9.84 Å². The summed E-state index contributed by atoms with van der Waals surface area (Å²) in [5.74, 6) is -0.795. The van der Waals surface area contributed by atoms with Gasteiger partial charge >= 0.3 is 5.97 Å². The second-order valence-corrected chi connectivity index (χ2v) is 4.05. The molecule has 1 aliphatic heterocycles. The van der Waals surface area contributed by atoms with Crippen LogP contribution in [0.15, 0.2) is 12.2 Å². The second-order valence-electron chi connectivity index (χ2n) is 4.05. The summed E-state index contributed by atoms with van der Waals surface area (Å²) in [6, 6.07) is 0. The van der Waals surface area contributed by atoms with E-state index in [0.29, 0.717) is 0 Å². The zero-order valence-electron chi connectivity index (χ0n) is 9.32. The first-order chi connectivity index (χ1) is 7.22. The van der Waals surface area contributed by atoms with E-state index >= 15 is 0 Å². The molecule has 1 rings (SSSR count). The summed E-state index contributed by atoms with van der Waals surface area (Å²) < 4.78 is 5.56. The van der Waals surface area contributed by atoms with Crippen LogP contribution in [0.25, 0.3) is 0 Å². The molecular formula is C12H20O3. The van der Waals surface area contributed by atoms with Crippen molar-refractivity contribution in [1.29, 1.82) is 0 Å². The number of hydrogen-bond donors (Lipinski definition) is 1. The molecule has 0 aromatic carbocycles. The summed E-state index contributed by atoms with van der Waals surface area (Å²) in [5, 5.41) is 8.59. The van der Waals surface area contributed by atoms with Crippen LogP contribution in [0.3, 0.4) is 0 Å². The molecule has 3 heteroatoms. The van der Waals surface area contributed by atoms with Crippen molar-refractivity contribution in [3.8, 4) is 0 Å². The van der Waals surface area contributed by atoms with Crippen LogP contribution in [0.4, 0.5) is 0 Å². The highest BCUT2D eigenvalue weighted by atomic mass is 16.5. The fraction of sp³-hybridized carbons (Fsp3) is 0.750. The Morgan fingerprint density at radius 3 is 2.67 bits per heavy atom. The van der Waals surface area contributed by atoms with Crippen molar-refractivity contribution in [1.82, 2.24) is 0 Å². The Bertz CT molecular complexity index is 223. The van der Waals surface area contributed by atoms with Crippen LogP contribution >= 0.6 is 0 Å². The van der Waals surface area contributed by atoms with E-state index in [2.05, 4.69) is 6.92 Å². The fourth-order valence-electron chi connectivity index (χ4n) is 1.79. The van der Waals surface area contributed by atoms with E-state index in [9.17, 15) is 4.79 Å². The monoisotopic (exact) mass is 212 g/mol. The Hall–Kier alpha value is -0.830. The summed E-state index contributed by atoms with van der Waals surface area (Å²) in [5.41, 5.74) is 0. The molecule has 0 saturated carbocycles. The maximum absolute atomic E-state index is 10.4. The quantitative estimate of drug-likeness (QED) is 0.521. The fourth-order valence-corrected chi connectivity index (χ4v) is 1.79. The molecule has 3 nitrogen and oxygen atoms in total. The summed E-state index contributed by atoms with van der Waals surface area (Å²) in [6.45, 7) is 2.19. The lowest BCUT2D eigenvalue weighted by Crippen LogP contribution is -2.15. The van der Waals surface area contributed by atoms with Gasteiger partial charge in [0.2, 0.25) is 0 Å². The zero-order valence-corrected chi connectivity index (χ0v) is 9.32. The van der Waals surface area contributed by atoms with Crippen molar-refractivity contribution < 1.29 is 14.6 Å². The number of ether oxygens (including phenoxy) is 1. The van der Waals surface area contributed by atoms with Crippen molar-refractivity contribution >= 4 is 5.97 Å². The van der Waals surface area contributed by atoms with Gasteiger partial charge in [-0.15, -0.1) is 0 Å². The minimum absolute atomic E-state index is 0.0853. The number of carboxylic acid groups (broad SMARTS) is 1. The summed E-state index contributed by atoms with van der Waals surface area (Å²) in [4.78, 5) is 10.4. The van der Waals surface area contributed by atoms with Crippen LogP contribution in [0, 0.1) is 0 Å². The lowest BCUT2D eigenvalue weighted by Gasteiger charge is -2.12. The molecule has 0 spiro atoms. The van der Waals surface area contributed by atoms with E-state index in [-0.39, 0.29) is 18.6 Å². The summed E-state index contributed by atoms with van der Waals surface area (Å²) in [7, 11) is 0. The molecule has 0 radical (unpaired) electrons. The Morgan fingerprint density at radius 1 is 1.27 bits per heavy atom. The predicted molar refractivity (Wildman–Crippen MR) is 58.8 cm³/mol.